The summed E-state index contributed by atoms with van der Waals surface area (Å²) in [6.45, 7) is 7.84. The molecule has 34 heavy (non-hydrogen) atoms. The van der Waals surface area contributed by atoms with Gasteiger partial charge in [-0.2, -0.15) is 8.78 Å². The summed E-state index contributed by atoms with van der Waals surface area (Å²) in [5.74, 6) is -1.92. The van der Waals surface area contributed by atoms with Crippen LogP contribution in [-0.2, 0) is 0 Å². The Hall–Kier alpha value is -2.22. The summed E-state index contributed by atoms with van der Waals surface area (Å²) in [6.07, 6.45) is 11.1. The van der Waals surface area contributed by atoms with Gasteiger partial charge in [-0.3, -0.25) is 0 Å². The van der Waals surface area contributed by atoms with Crippen LogP contribution in [-0.4, -0.2) is 27.8 Å². The van der Waals surface area contributed by atoms with Crippen LogP contribution in [0.2, 0.25) is 0 Å². The zero-order valence-electron chi connectivity index (χ0n) is 20.1. The number of allylic oxidation sites excluding steroid dienone is 4. The molecule has 0 bridgehead atoms. The number of alkyl halides is 2. The summed E-state index contributed by atoms with van der Waals surface area (Å²) in [6, 6.07) is 8.28. The van der Waals surface area contributed by atoms with Crippen LogP contribution >= 0.6 is 0 Å². The smallest absolute Gasteiger partial charge is 0.336 e. The van der Waals surface area contributed by atoms with Gasteiger partial charge in [0, 0.05) is 11.3 Å². The second-order valence-corrected chi connectivity index (χ2v) is 11.2. The molecule has 5 rings (SSSR count). The third-order valence-electron chi connectivity index (χ3n) is 9.52. The first-order chi connectivity index (χ1) is 16.0. The molecule has 0 spiro atoms. The Labute approximate surface area is 201 Å². The molecule has 1 aromatic carbocycles. The molecule has 0 saturated heterocycles. The summed E-state index contributed by atoms with van der Waals surface area (Å²) in [5.41, 5.74) is 3.79. The van der Waals surface area contributed by atoms with Gasteiger partial charge in [-0.05, 0) is 91.9 Å². The van der Waals surface area contributed by atoms with Crippen molar-refractivity contribution in [2.24, 2.45) is 17.3 Å². The van der Waals surface area contributed by atoms with E-state index < -0.39 is 23.0 Å². The largest absolute Gasteiger partial charge is 0.389 e. The van der Waals surface area contributed by atoms with E-state index in [-0.39, 0.29) is 24.2 Å². The van der Waals surface area contributed by atoms with E-state index in [4.69, 9.17) is 6.42 Å². The molecule has 0 aromatic heterocycles. The van der Waals surface area contributed by atoms with Crippen molar-refractivity contribution in [1.29, 1.82) is 0 Å². The van der Waals surface area contributed by atoms with E-state index in [0.29, 0.717) is 19.3 Å². The zero-order valence-corrected chi connectivity index (χ0v) is 20.1. The quantitative estimate of drug-likeness (QED) is 0.508. The number of hydrogen-bond acceptors (Lipinski definition) is 2. The van der Waals surface area contributed by atoms with Crippen LogP contribution in [0.25, 0.3) is 5.57 Å². The number of benzene rings is 1. The van der Waals surface area contributed by atoms with Crippen LogP contribution < -0.4 is 0 Å². The third-order valence-corrected chi connectivity index (χ3v) is 9.52. The lowest BCUT2D eigenvalue weighted by Gasteiger charge is -2.55. The van der Waals surface area contributed by atoms with Crippen LogP contribution in [0.3, 0.4) is 0 Å². The van der Waals surface area contributed by atoms with E-state index in [1.54, 1.807) is 5.92 Å². The molecule has 4 aliphatic carbocycles. The van der Waals surface area contributed by atoms with Crippen molar-refractivity contribution in [3.8, 4) is 12.3 Å². The number of aliphatic hydroxyl groups is 2. The molecule has 4 unspecified atom stereocenters. The Bertz CT molecular complexity index is 1120. The van der Waals surface area contributed by atoms with Crippen LogP contribution in [0, 0.1) is 29.6 Å². The van der Waals surface area contributed by atoms with Crippen LogP contribution in [0.4, 0.5) is 8.78 Å². The zero-order chi connectivity index (χ0) is 24.5. The molecular weight excluding hydrogens is 430 g/mol. The van der Waals surface area contributed by atoms with Gasteiger partial charge in [-0.1, -0.05) is 55.0 Å². The van der Waals surface area contributed by atoms with Crippen molar-refractivity contribution in [2.45, 2.75) is 82.3 Å². The Morgan fingerprint density at radius 3 is 2.53 bits per heavy atom. The van der Waals surface area contributed by atoms with E-state index in [9.17, 15) is 10.2 Å². The molecule has 4 heteroatoms. The van der Waals surface area contributed by atoms with Gasteiger partial charge in [-0.15, -0.1) is 6.42 Å². The van der Waals surface area contributed by atoms with Crippen molar-refractivity contribution in [3.63, 3.8) is 0 Å². The number of rotatable bonds is 3. The fourth-order valence-electron chi connectivity index (χ4n) is 7.72. The highest BCUT2D eigenvalue weighted by Crippen LogP contribution is 2.69. The highest BCUT2D eigenvalue weighted by Gasteiger charge is 2.71. The highest BCUT2D eigenvalue weighted by molar-refractivity contribution is 5.62. The van der Waals surface area contributed by atoms with Gasteiger partial charge in [0.1, 0.15) is 5.60 Å². The molecule has 2 fully saturated rings. The van der Waals surface area contributed by atoms with Crippen LogP contribution in [0.5, 0.6) is 0 Å². The normalized spacial score (nSPS) is 37.3. The third kappa shape index (κ3) is 3.20. The fraction of sp³-hybridized carbons (Fsp3) is 0.533. The summed E-state index contributed by atoms with van der Waals surface area (Å²) < 4.78 is 30.2. The topological polar surface area (TPSA) is 40.5 Å². The molecule has 1 aromatic rings. The van der Waals surface area contributed by atoms with Crippen molar-refractivity contribution < 1.29 is 19.0 Å². The molecule has 0 radical (unpaired) electrons. The Balaban J connectivity index is 1.68. The second kappa shape index (κ2) is 7.90. The number of aliphatic hydroxyl groups excluding tert-OH is 1. The number of terminal acetylenes is 1. The molecule has 2 nitrogen and oxygen atoms in total. The Morgan fingerprint density at radius 2 is 1.88 bits per heavy atom. The summed E-state index contributed by atoms with van der Waals surface area (Å²) in [5, 5.41) is 21.8. The summed E-state index contributed by atoms with van der Waals surface area (Å²) >= 11 is 0. The number of hydrogen-bond donors (Lipinski definition) is 2. The first-order valence-corrected chi connectivity index (χ1v) is 12.5. The van der Waals surface area contributed by atoms with Gasteiger partial charge in [0.05, 0.1) is 6.10 Å². The van der Waals surface area contributed by atoms with Crippen molar-refractivity contribution in [3.05, 3.63) is 64.8 Å². The lowest BCUT2D eigenvalue weighted by Crippen LogP contribution is -2.60. The average Bonchev–Trinajstić information content (AvgIpc) is 3.10. The molecule has 0 amide bonds. The van der Waals surface area contributed by atoms with Crippen LogP contribution in [0.1, 0.15) is 75.8 Å². The predicted octanol–water partition coefficient (Wildman–Crippen LogP) is 6.41. The summed E-state index contributed by atoms with van der Waals surface area (Å²) in [4.78, 5) is 0. The average molecular weight is 465 g/mol. The minimum Gasteiger partial charge on any atom is -0.389 e. The maximum Gasteiger partial charge on any atom is 0.336 e. The van der Waals surface area contributed by atoms with E-state index in [1.807, 2.05) is 32.1 Å². The van der Waals surface area contributed by atoms with Gasteiger partial charge in [0.15, 0.2) is 0 Å². The highest BCUT2D eigenvalue weighted by atomic mass is 19.3. The predicted molar refractivity (Wildman–Crippen MR) is 131 cm³/mol. The van der Waals surface area contributed by atoms with Gasteiger partial charge in [0.25, 0.3) is 0 Å². The lowest BCUT2D eigenvalue weighted by molar-refractivity contribution is -0.209. The minimum absolute atomic E-state index is 0.0210. The monoisotopic (exact) mass is 464 g/mol. The van der Waals surface area contributed by atoms with E-state index >= 15 is 8.78 Å². The maximum atomic E-state index is 15.1. The van der Waals surface area contributed by atoms with Crippen molar-refractivity contribution in [1.82, 2.24) is 0 Å². The van der Waals surface area contributed by atoms with Gasteiger partial charge >= 0.3 is 5.92 Å². The minimum atomic E-state index is -3.58. The SMILES string of the molecule is C#CC(F)(F)[C@]1(O)CCC2C3CCC4=CC(O)CCC4=C3C(c3ccc(C(=C)C)cc3)C[C@@]21C. The molecule has 2 saturated carbocycles. The lowest BCUT2D eigenvalue weighted by atomic mass is 9.50. The Kier molecular flexibility index (Phi) is 5.47. The van der Waals surface area contributed by atoms with Crippen LogP contribution in [0.15, 0.2) is 53.6 Å². The first-order valence-electron chi connectivity index (χ1n) is 12.5. The van der Waals surface area contributed by atoms with E-state index in [1.165, 1.54) is 16.7 Å². The number of fused-ring (bicyclic) bond motifs is 4. The molecule has 0 aliphatic heterocycles. The molecule has 0 heterocycles. The Morgan fingerprint density at radius 1 is 1.18 bits per heavy atom. The standard InChI is InChI=1S/C30H34F2O2/c1-5-30(31,32)29(34)15-14-26-24-12-10-21-16-22(33)11-13-23(21)27(24)25(17-28(26,29)4)20-8-6-19(7-9-20)18(2)3/h1,6-9,16,22,24-26,33-34H,2,10-15,17H2,3-4H3/t22?,24?,25?,26?,28-,29-/m0/s1. The number of halogens is 2. The molecule has 6 atom stereocenters. The molecule has 180 valence electrons. The second-order valence-electron chi connectivity index (χ2n) is 11.2. The van der Waals surface area contributed by atoms with E-state index in [0.717, 1.165) is 36.0 Å². The fourth-order valence-corrected chi connectivity index (χ4v) is 7.72. The van der Waals surface area contributed by atoms with Crippen molar-refractivity contribution in [2.75, 3.05) is 0 Å². The van der Waals surface area contributed by atoms with Gasteiger partial charge in [0.2, 0.25) is 0 Å². The summed E-state index contributed by atoms with van der Waals surface area (Å²) in [7, 11) is 0. The molecule has 4 aliphatic rings. The van der Waals surface area contributed by atoms with E-state index in [2.05, 4.69) is 18.7 Å². The molecular formula is C30H34F2O2. The van der Waals surface area contributed by atoms with Gasteiger partial charge < -0.3 is 10.2 Å². The first kappa shape index (κ1) is 23.5. The van der Waals surface area contributed by atoms with Crippen molar-refractivity contribution >= 4 is 5.57 Å². The maximum absolute atomic E-state index is 15.1. The van der Waals surface area contributed by atoms with Gasteiger partial charge in [-0.25, -0.2) is 0 Å². The molecule has 2 N–H and O–H groups in total.